The van der Waals surface area contributed by atoms with E-state index in [0.29, 0.717) is 19.5 Å². The number of aromatic nitrogens is 1. The van der Waals surface area contributed by atoms with Crippen LogP contribution in [0.5, 0.6) is 0 Å². The van der Waals surface area contributed by atoms with E-state index in [1.807, 2.05) is 24.3 Å². The Bertz CT molecular complexity index is 1400. The van der Waals surface area contributed by atoms with E-state index in [9.17, 15) is 17.2 Å². The molecule has 4 aromatic rings. The van der Waals surface area contributed by atoms with Crippen molar-refractivity contribution in [1.29, 1.82) is 0 Å². The van der Waals surface area contributed by atoms with Crippen molar-refractivity contribution in [2.24, 2.45) is 0 Å². The molecule has 0 radical (unpaired) electrons. The zero-order valence-electron chi connectivity index (χ0n) is 16.8. The lowest BCUT2D eigenvalue weighted by Crippen LogP contribution is -2.31. The molecule has 3 aromatic carbocycles. The second-order valence-electron chi connectivity index (χ2n) is 7.51. The van der Waals surface area contributed by atoms with Crippen molar-refractivity contribution in [3.05, 3.63) is 95.6 Å². The van der Waals surface area contributed by atoms with Gasteiger partial charge < -0.3 is 9.32 Å². The fourth-order valence-corrected chi connectivity index (χ4v) is 5.14. The van der Waals surface area contributed by atoms with Crippen molar-refractivity contribution in [1.82, 2.24) is 4.98 Å². The van der Waals surface area contributed by atoms with Crippen LogP contribution in [0.3, 0.4) is 0 Å². The molecule has 5 nitrogen and oxygen atoms in total. The Morgan fingerprint density at radius 1 is 0.875 bits per heavy atom. The largest absolute Gasteiger partial charge is 0.419 e. The third kappa shape index (κ3) is 3.56. The third-order valence-electron chi connectivity index (χ3n) is 5.48. The summed E-state index contributed by atoms with van der Waals surface area (Å²) in [5, 5.41) is -0.318. The van der Waals surface area contributed by atoms with Crippen molar-refractivity contribution < 1.29 is 21.6 Å². The molecule has 0 atom stereocenters. The maximum Gasteiger partial charge on any atom is 0.236 e. The zero-order chi connectivity index (χ0) is 22.3. The summed E-state index contributed by atoms with van der Waals surface area (Å²) in [6.07, 6.45) is 0.696. The van der Waals surface area contributed by atoms with Crippen LogP contribution < -0.4 is 4.90 Å². The molecule has 0 saturated heterocycles. The number of anilines is 1. The maximum atomic E-state index is 14.4. The lowest BCUT2D eigenvalue weighted by atomic mass is 10.0. The predicted octanol–water partition coefficient (Wildman–Crippen LogP) is 5.02. The summed E-state index contributed by atoms with van der Waals surface area (Å²) in [5.74, 6) is -1.21. The highest BCUT2D eigenvalue weighted by atomic mass is 32.2. The van der Waals surface area contributed by atoms with Crippen molar-refractivity contribution in [2.45, 2.75) is 22.9 Å². The van der Waals surface area contributed by atoms with Gasteiger partial charge in [0.2, 0.25) is 26.6 Å². The van der Waals surface area contributed by atoms with Crippen molar-refractivity contribution in [3.63, 3.8) is 0 Å². The molecule has 1 aliphatic rings. The van der Waals surface area contributed by atoms with E-state index in [1.54, 1.807) is 11.0 Å². The Kier molecular flexibility index (Phi) is 5.01. The first-order chi connectivity index (χ1) is 15.4. The molecule has 8 heteroatoms. The number of benzene rings is 3. The zero-order valence-corrected chi connectivity index (χ0v) is 17.6. The molecule has 0 bridgehead atoms. The van der Waals surface area contributed by atoms with Gasteiger partial charge >= 0.3 is 0 Å². The Morgan fingerprint density at radius 3 is 2.31 bits per heavy atom. The van der Waals surface area contributed by atoms with Gasteiger partial charge in [0.15, 0.2) is 0 Å². The number of oxazole rings is 1. The van der Waals surface area contributed by atoms with Crippen LogP contribution in [-0.2, 0) is 22.8 Å². The summed E-state index contributed by atoms with van der Waals surface area (Å²) >= 11 is 0. The molecule has 0 spiro atoms. The van der Waals surface area contributed by atoms with Crippen LogP contribution in [0.15, 0.2) is 87.1 Å². The number of hydrogen-bond acceptors (Lipinski definition) is 5. The molecule has 32 heavy (non-hydrogen) atoms. The van der Waals surface area contributed by atoms with Gasteiger partial charge in [-0.25, -0.2) is 17.2 Å². The molecule has 0 unspecified atom stereocenters. The monoisotopic (exact) mass is 452 g/mol. The van der Waals surface area contributed by atoms with Crippen LogP contribution in [0.2, 0.25) is 0 Å². The summed E-state index contributed by atoms with van der Waals surface area (Å²) in [4.78, 5) is 5.88. The van der Waals surface area contributed by atoms with E-state index in [0.717, 1.165) is 17.7 Å². The van der Waals surface area contributed by atoms with Gasteiger partial charge in [-0.15, -0.1) is 0 Å². The molecule has 0 N–H and O–H groups in total. The first kappa shape index (κ1) is 20.4. The molecule has 0 saturated carbocycles. The molecular weight excluding hydrogens is 434 g/mol. The SMILES string of the molecule is O=S(=O)(c1ccc(F)cc1)c1nc(-c2ccccc2F)oc1N1CCc2ccccc2C1. The van der Waals surface area contributed by atoms with E-state index < -0.39 is 21.5 Å². The van der Waals surface area contributed by atoms with Crippen LogP contribution in [0, 0.1) is 11.6 Å². The number of sulfone groups is 1. The molecule has 1 aromatic heterocycles. The van der Waals surface area contributed by atoms with Crippen LogP contribution in [0.25, 0.3) is 11.5 Å². The van der Waals surface area contributed by atoms with Gasteiger partial charge in [-0.1, -0.05) is 36.4 Å². The summed E-state index contributed by atoms with van der Waals surface area (Å²) in [6.45, 7) is 0.933. The fraction of sp³-hybridized carbons (Fsp3) is 0.125. The highest BCUT2D eigenvalue weighted by Crippen LogP contribution is 2.37. The lowest BCUT2D eigenvalue weighted by Gasteiger charge is -2.28. The highest BCUT2D eigenvalue weighted by Gasteiger charge is 2.33. The smallest absolute Gasteiger partial charge is 0.236 e. The van der Waals surface area contributed by atoms with Gasteiger partial charge in [-0.05, 0) is 53.9 Å². The van der Waals surface area contributed by atoms with E-state index in [4.69, 9.17) is 4.42 Å². The van der Waals surface area contributed by atoms with E-state index >= 15 is 0 Å². The van der Waals surface area contributed by atoms with E-state index in [-0.39, 0.29) is 27.3 Å². The number of nitrogens with zero attached hydrogens (tertiary/aromatic N) is 2. The quantitative estimate of drug-likeness (QED) is 0.407. The van der Waals surface area contributed by atoms with E-state index in [2.05, 4.69) is 4.98 Å². The second-order valence-corrected chi connectivity index (χ2v) is 9.37. The van der Waals surface area contributed by atoms with Gasteiger partial charge in [-0.3, -0.25) is 0 Å². The Labute approximate surface area is 183 Å². The minimum atomic E-state index is -4.15. The van der Waals surface area contributed by atoms with Crippen LogP contribution in [0.4, 0.5) is 14.7 Å². The first-order valence-electron chi connectivity index (χ1n) is 10.0. The minimum Gasteiger partial charge on any atom is -0.419 e. The Morgan fingerprint density at radius 2 is 1.56 bits per heavy atom. The third-order valence-corrected chi connectivity index (χ3v) is 7.15. The molecule has 0 aliphatic carbocycles. The molecule has 162 valence electrons. The van der Waals surface area contributed by atoms with Crippen LogP contribution >= 0.6 is 0 Å². The number of rotatable bonds is 4. The van der Waals surface area contributed by atoms with Crippen molar-refractivity contribution >= 4 is 15.7 Å². The van der Waals surface area contributed by atoms with Crippen molar-refractivity contribution in [2.75, 3.05) is 11.4 Å². The molecule has 5 rings (SSSR count). The van der Waals surface area contributed by atoms with Gasteiger partial charge in [0.05, 0.1) is 10.5 Å². The number of fused-ring (bicyclic) bond motifs is 1. The normalized spacial score (nSPS) is 13.8. The summed E-state index contributed by atoms with van der Waals surface area (Å²) in [5.41, 5.74) is 2.29. The van der Waals surface area contributed by atoms with Gasteiger partial charge in [0.1, 0.15) is 11.6 Å². The second kappa shape index (κ2) is 7.87. The molecule has 2 heterocycles. The van der Waals surface area contributed by atoms with Crippen molar-refractivity contribution in [3.8, 4) is 11.5 Å². The summed E-state index contributed by atoms with van der Waals surface area (Å²) in [6, 6.07) is 18.3. The standard InChI is InChI=1S/C24H18F2N2O3S/c25-18-9-11-19(12-10-18)32(29,30)23-24(28-14-13-16-5-1-2-6-17(16)15-28)31-22(27-23)20-7-3-4-8-21(20)26/h1-12H,13-15H2. The van der Waals surface area contributed by atoms with Gasteiger partial charge in [0, 0.05) is 13.1 Å². The number of hydrogen-bond donors (Lipinski definition) is 0. The summed E-state index contributed by atoms with van der Waals surface area (Å²) in [7, 11) is -4.15. The molecule has 0 amide bonds. The topological polar surface area (TPSA) is 63.4 Å². The van der Waals surface area contributed by atoms with Gasteiger partial charge in [-0.2, -0.15) is 4.98 Å². The fourth-order valence-electron chi connectivity index (χ4n) is 3.82. The average Bonchev–Trinajstić information content (AvgIpc) is 3.25. The minimum absolute atomic E-state index is 0.0436. The molecular formula is C24H18F2N2O3S. The average molecular weight is 452 g/mol. The van der Waals surface area contributed by atoms with Crippen LogP contribution in [0.1, 0.15) is 11.1 Å². The Balaban J connectivity index is 1.65. The Hall–Kier alpha value is -3.52. The lowest BCUT2D eigenvalue weighted by molar-refractivity contribution is 0.529. The first-order valence-corrected chi connectivity index (χ1v) is 11.5. The van der Waals surface area contributed by atoms with Crippen LogP contribution in [-0.4, -0.2) is 19.9 Å². The van der Waals surface area contributed by atoms with Gasteiger partial charge in [0.25, 0.3) is 0 Å². The molecule has 0 fully saturated rings. The summed E-state index contributed by atoms with van der Waals surface area (Å²) < 4.78 is 60.5. The molecule has 1 aliphatic heterocycles. The predicted molar refractivity (Wildman–Crippen MR) is 115 cm³/mol. The number of halogens is 2. The van der Waals surface area contributed by atoms with E-state index in [1.165, 1.54) is 35.9 Å². The maximum absolute atomic E-state index is 14.4. The highest BCUT2D eigenvalue weighted by molar-refractivity contribution is 7.91.